The summed E-state index contributed by atoms with van der Waals surface area (Å²) in [5.74, 6) is 0.734. The van der Waals surface area contributed by atoms with Gasteiger partial charge in [-0.25, -0.2) is 4.68 Å². The van der Waals surface area contributed by atoms with Gasteiger partial charge in [0.2, 0.25) is 0 Å². The highest BCUT2D eigenvalue weighted by Gasteiger charge is 2.03. The van der Waals surface area contributed by atoms with E-state index in [0.717, 1.165) is 24.5 Å². The van der Waals surface area contributed by atoms with Gasteiger partial charge in [-0.2, -0.15) is 5.10 Å². The van der Waals surface area contributed by atoms with Crippen LogP contribution in [0.3, 0.4) is 0 Å². The molecule has 84 valence electrons. The van der Waals surface area contributed by atoms with Gasteiger partial charge in [0.25, 0.3) is 0 Å². The Morgan fingerprint density at radius 1 is 1.25 bits per heavy atom. The molecule has 0 atom stereocenters. The van der Waals surface area contributed by atoms with Crippen molar-refractivity contribution < 1.29 is 0 Å². The van der Waals surface area contributed by atoms with E-state index in [0.29, 0.717) is 0 Å². The van der Waals surface area contributed by atoms with Crippen LogP contribution in [0.1, 0.15) is 23.7 Å². The quantitative estimate of drug-likeness (QED) is 0.854. The molecule has 0 fully saturated rings. The maximum Gasteiger partial charge on any atom is 0.122 e. The Morgan fingerprint density at radius 2 is 1.94 bits per heavy atom. The predicted octanol–water partition coefficient (Wildman–Crippen LogP) is 2.38. The van der Waals surface area contributed by atoms with Gasteiger partial charge in [-0.05, 0) is 18.9 Å². The highest BCUT2D eigenvalue weighted by molar-refractivity contribution is 5.32. The maximum atomic E-state index is 5.90. The molecular formula is C13H17N3. The van der Waals surface area contributed by atoms with Crippen LogP contribution in [0.5, 0.6) is 0 Å². The van der Waals surface area contributed by atoms with Gasteiger partial charge in [0.1, 0.15) is 5.82 Å². The third kappa shape index (κ3) is 2.24. The van der Waals surface area contributed by atoms with Gasteiger partial charge in [0.05, 0.1) is 12.2 Å². The molecule has 0 unspecified atom stereocenters. The predicted molar refractivity (Wildman–Crippen MR) is 66.3 cm³/mol. The summed E-state index contributed by atoms with van der Waals surface area (Å²) in [6, 6.07) is 10.4. The highest BCUT2D eigenvalue weighted by atomic mass is 15.3. The van der Waals surface area contributed by atoms with Crippen molar-refractivity contribution in [3.63, 3.8) is 0 Å². The van der Waals surface area contributed by atoms with Gasteiger partial charge in [0, 0.05) is 6.07 Å². The summed E-state index contributed by atoms with van der Waals surface area (Å²) in [5, 5.41) is 4.44. The average molecular weight is 215 g/mol. The molecule has 0 spiro atoms. The molecule has 0 aliphatic carbocycles. The maximum absolute atomic E-state index is 5.90. The Balaban J connectivity index is 2.19. The third-order valence-corrected chi connectivity index (χ3v) is 2.68. The van der Waals surface area contributed by atoms with E-state index in [4.69, 9.17) is 5.73 Å². The number of nitrogens with zero attached hydrogens (tertiary/aromatic N) is 2. The van der Waals surface area contributed by atoms with E-state index in [1.54, 1.807) is 0 Å². The lowest BCUT2D eigenvalue weighted by Gasteiger charge is -2.04. The number of nitrogen functional groups attached to an aromatic ring is 1. The van der Waals surface area contributed by atoms with Crippen LogP contribution in [0.15, 0.2) is 30.3 Å². The molecule has 0 aliphatic rings. The molecule has 0 aliphatic heterocycles. The Kier molecular flexibility index (Phi) is 2.95. The molecule has 0 bridgehead atoms. The van der Waals surface area contributed by atoms with E-state index in [9.17, 15) is 0 Å². The molecule has 0 radical (unpaired) electrons. The van der Waals surface area contributed by atoms with Crippen molar-refractivity contribution in [1.82, 2.24) is 9.78 Å². The Hall–Kier alpha value is -1.77. The van der Waals surface area contributed by atoms with Crippen molar-refractivity contribution in [3.05, 3.63) is 47.2 Å². The molecule has 2 N–H and O–H groups in total. The van der Waals surface area contributed by atoms with Crippen LogP contribution >= 0.6 is 0 Å². The lowest BCUT2D eigenvalue weighted by molar-refractivity contribution is 0.682. The van der Waals surface area contributed by atoms with Crippen LogP contribution in [0.25, 0.3) is 0 Å². The highest BCUT2D eigenvalue weighted by Crippen LogP contribution is 2.11. The van der Waals surface area contributed by atoms with Crippen molar-refractivity contribution in [3.8, 4) is 0 Å². The average Bonchev–Trinajstić information content (AvgIpc) is 2.63. The van der Waals surface area contributed by atoms with E-state index in [1.807, 2.05) is 10.7 Å². The molecular weight excluding hydrogens is 198 g/mol. The van der Waals surface area contributed by atoms with Crippen molar-refractivity contribution in [2.75, 3.05) is 5.73 Å². The van der Waals surface area contributed by atoms with E-state index in [-0.39, 0.29) is 0 Å². The summed E-state index contributed by atoms with van der Waals surface area (Å²) in [6.07, 6.45) is 0.922. The Labute approximate surface area is 95.9 Å². The monoisotopic (exact) mass is 215 g/mol. The molecule has 0 saturated heterocycles. The number of anilines is 1. The summed E-state index contributed by atoms with van der Waals surface area (Å²) >= 11 is 0. The van der Waals surface area contributed by atoms with Crippen LogP contribution in [-0.2, 0) is 13.0 Å². The first kappa shape index (κ1) is 10.7. The number of aromatic nitrogens is 2. The van der Waals surface area contributed by atoms with Crippen molar-refractivity contribution in [2.45, 2.75) is 26.8 Å². The summed E-state index contributed by atoms with van der Waals surface area (Å²) in [4.78, 5) is 0. The van der Waals surface area contributed by atoms with Gasteiger partial charge in [0.15, 0.2) is 0 Å². The molecule has 3 nitrogen and oxygen atoms in total. The van der Waals surface area contributed by atoms with Gasteiger partial charge >= 0.3 is 0 Å². The number of benzene rings is 1. The molecule has 2 aromatic rings. The normalized spacial score (nSPS) is 10.6. The second-order valence-corrected chi connectivity index (χ2v) is 4.06. The number of hydrogen-bond donors (Lipinski definition) is 1. The zero-order chi connectivity index (χ0) is 11.5. The SMILES string of the molecule is CCc1cc(N)n(Cc2ccc(C)cc2)n1. The van der Waals surface area contributed by atoms with E-state index < -0.39 is 0 Å². The van der Waals surface area contributed by atoms with Crippen molar-refractivity contribution in [2.24, 2.45) is 0 Å². The fourth-order valence-electron chi connectivity index (χ4n) is 1.65. The lowest BCUT2D eigenvalue weighted by atomic mass is 10.1. The van der Waals surface area contributed by atoms with Crippen LogP contribution < -0.4 is 5.73 Å². The first-order chi connectivity index (χ1) is 7.69. The lowest BCUT2D eigenvalue weighted by Crippen LogP contribution is -2.05. The standard InChI is InChI=1S/C13H17N3/c1-3-12-8-13(14)16(15-12)9-11-6-4-10(2)5-7-11/h4-8H,3,9,14H2,1-2H3. The van der Waals surface area contributed by atoms with Crippen molar-refractivity contribution in [1.29, 1.82) is 0 Å². The number of nitrogens with two attached hydrogens (primary N) is 1. The minimum absolute atomic E-state index is 0.734. The second-order valence-electron chi connectivity index (χ2n) is 4.06. The summed E-state index contributed by atoms with van der Waals surface area (Å²) < 4.78 is 1.85. The number of rotatable bonds is 3. The first-order valence-corrected chi connectivity index (χ1v) is 5.57. The smallest absolute Gasteiger partial charge is 0.122 e. The zero-order valence-corrected chi connectivity index (χ0v) is 9.77. The Morgan fingerprint density at radius 3 is 2.50 bits per heavy atom. The molecule has 1 aromatic carbocycles. The van der Waals surface area contributed by atoms with Crippen molar-refractivity contribution >= 4 is 5.82 Å². The van der Waals surface area contributed by atoms with Crippen LogP contribution in [0.4, 0.5) is 5.82 Å². The second kappa shape index (κ2) is 4.39. The van der Waals surface area contributed by atoms with Gasteiger partial charge < -0.3 is 5.73 Å². The summed E-state index contributed by atoms with van der Waals surface area (Å²) in [5.41, 5.74) is 9.44. The third-order valence-electron chi connectivity index (χ3n) is 2.68. The number of aryl methyl sites for hydroxylation is 2. The summed E-state index contributed by atoms with van der Waals surface area (Å²) in [6.45, 7) is 4.91. The zero-order valence-electron chi connectivity index (χ0n) is 9.77. The van der Waals surface area contributed by atoms with E-state index in [2.05, 4.69) is 43.2 Å². The number of hydrogen-bond acceptors (Lipinski definition) is 2. The fraction of sp³-hybridized carbons (Fsp3) is 0.308. The van der Waals surface area contributed by atoms with Gasteiger partial charge in [-0.3, -0.25) is 0 Å². The van der Waals surface area contributed by atoms with Crippen LogP contribution in [-0.4, -0.2) is 9.78 Å². The summed E-state index contributed by atoms with van der Waals surface area (Å²) in [7, 11) is 0. The minimum Gasteiger partial charge on any atom is -0.384 e. The first-order valence-electron chi connectivity index (χ1n) is 5.57. The molecule has 0 saturated carbocycles. The Bertz CT molecular complexity index is 468. The van der Waals surface area contributed by atoms with Gasteiger partial charge in [-0.1, -0.05) is 36.8 Å². The van der Waals surface area contributed by atoms with Crippen LogP contribution in [0, 0.1) is 6.92 Å². The molecule has 1 aromatic heterocycles. The molecule has 2 rings (SSSR count). The fourth-order valence-corrected chi connectivity index (χ4v) is 1.65. The molecule has 16 heavy (non-hydrogen) atoms. The molecule has 0 amide bonds. The van der Waals surface area contributed by atoms with E-state index in [1.165, 1.54) is 11.1 Å². The molecule has 1 heterocycles. The molecule has 3 heteroatoms. The largest absolute Gasteiger partial charge is 0.384 e. The van der Waals surface area contributed by atoms with Gasteiger partial charge in [-0.15, -0.1) is 0 Å². The van der Waals surface area contributed by atoms with Crippen LogP contribution in [0.2, 0.25) is 0 Å². The van der Waals surface area contributed by atoms with E-state index >= 15 is 0 Å². The minimum atomic E-state index is 0.734. The topological polar surface area (TPSA) is 43.8 Å².